The third-order valence-electron chi connectivity index (χ3n) is 2.37. The predicted molar refractivity (Wildman–Crippen MR) is 66.8 cm³/mol. The zero-order chi connectivity index (χ0) is 13.2. The molecule has 1 aliphatic heterocycles. The Morgan fingerprint density at radius 1 is 1.28 bits per heavy atom. The fourth-order valence-electron chi connectivity index (χ4n) is 1.62. The normalized spacial score (nSPS) is 13.8. The molecule has 100 valence electrons. The van der Waals surface area contributed by atoms with Gasteiger partial charge < -0.3 is 14.2 Å². The van der Waals surface area contributed by atoms with Crippen LogP contribution in [0.4, 0.5) is 0 Å². The van der Waals surface area contributed by atoms with Crippen molar-refractivity contribution in [1.29, 1.82) is 0 Å². The molecule has 1 aromatic rings. The molecule has 1 aliphatic rings. The van der Waals surface area contributed by atoms with Crippen LogP contribution in [0.15, 0.2) is 12.1 Å². The highest BCUT2D eigenvalue weighted by Crippen LogP contribution is 2.41. The third kappa shape index (κ3) is 3.05. The molecule has 0 spiro atoms. The Kier molecular flexibility index (Phi) is 3.63. The first-order valence-corrected chi connectivity index (χ1v) is 5.87. The summed E-state index contributed by atoms with van der Waals surface area (Å²) < 4.78 is 16.0. The van der Waals surface area contributed by atoms with Crippen LogP contribution < -0.4 is 19.7 Å². The zero-order valence-corrected chi connectivity index (χ0v) is 11.2. The summed E-state index contributed by atoms with van der Waals surface area (Å²) in [6, 6.07) is 3.83. The van der Waals surface area contributed by atoms with Crippen LogP contribution in [0.2, 0.25) is 0 Å². The molecular formula is C13H19NO4. The van der Waals surface area contributed by atoms with Crippen molar-refractivity contribution in [3.05, 3.63) is 17.7 Å². The van der Waals surface area contributed by atoms with E-state index in [1.807, 2.05) is 32.9 Å². The molecule has 1 heterocycles. The maximum absolute atomic E-state index is 5.46. The first-order valence-electron chi connectivity index (χ1n) is 5.87. The third-order valence-corrected chi connectivity index (χ3v) is 2.37. The average molecular weight is 253 g/mol. The maximum Gasteiger partial charge on any atom is 0.231 e. The molecule has 0 saturated carbocycles. The van der Waals surface area contributed by atoms with Crippen molar-refractivity contribution in [3.8, 4) is 17.2 Å². The monoisotopic (exact) mass is 253 g/mol. The summed E-state index contributed by atoms with van der Waals surface area (Å²) in [4.78, 5) is 5.46. The summed E-state index contributed by atoms with van der Waals surface area (Å²) in [5, 5.41) is 0. The number of methoxy groups -OCH3 is 1. The molecule has 2 rings (SSSR count). The Morgan fingerprint density at radius 3 is 2.72 bits per heavy atom. The first kappa shape index (κ1) is 13.0. The van der Waals surface area contributed by atoms with Gasteiger partial charge in [-0.1, -0.05) is 0 Å². The van der Waals surface area contributed by atoms with Gasteiger partial charge in [0.1, 0.15) is 0 Å². The predicted octanol–water partition coefficient (Wildman–Crippen LogP) is 2.24. The van der Waals surface area contributed by atoms with E-state index in [1.165, 1.54) is 0 Å². The molecule has 0 fully saturated rings. The minimum absolute atomic E-state index is 0.222. The van der Waals surface area contributed by atoms with Gasteiger partial charge in [0.25, 0.3) is 0 Å². The van der Waals surface area contributed by atoms with E-state index in [4.69, 9.17) is 19.0 Å². The van der Waals surface area contributed by atoms with E-state index in [0.29, 0.717) is 23.8 Å². The molecule has 0 bridgehead atoms. The fourth-order valence-corrected chi connectivity index (χ4v) is 1.62. The molecular weight excluding hydrogens is 234 g/mol. The minimum Gasteiger partial charge on any atom is -0.493 e. The lowest BCUT2D eigenvalue weighted by molar-refractivity contribution is -0.0757. The number of fused-ring (bicyclic) bond motifs is 1. The molecule has 0 unspecified atom stereocenters. The Hall–Kier alpha value is -1.46. The van der Waals surface area contributed by atoms with Crippen LogP contribution in [0.25, 0.3) is 0 Å². The number of hydroxylamine groups is 1. The van der Waals surface area contributed by atoms with Crippen molar-refractivity contribution >= 4 is 0 Å². The lowest BCUT2D eigenvalue weighted by Gasteiger charge is -2.19. The van der Waals surface area contributed by atoms with Gasteiger partial charge in [-0.25, -0.2) is 0 Å². The number of ether oxygens (including phenoxy) is 3. The molecule has 0 amide bonds. The van der Waals surface area contributed by atoms with Gasteiger partial charge in [-0.3, -0.25) is 4.84 Å². The summed E-state index contributed by atoms with van der Waals surface area (Å²) in [6.07, 6.45) is 0. The Bertz CT molecular complexity index is 426. The summed E-state index contributed by atoms with van der Waals surface area (Å²) in [5.74, 6) is 2.05. The van der Waals surface area contributed by atoms with Crippen LogP contribution in [0.5, 0.6) is 17.2 Å². The van der Waals surface area contributed by atoms with Gasteiger partial charge in [0.15, 0.2) is 11.5 Å². The van der Waals surface area contributed by atoms with Crippen molar-refractivity contribution in [2.75, 3.05) is 13.9 Å². The number of nitrogens with one attached hydrogen (secondary N) is 1. The second-order valence-electron chi connectivity index (χ2n) is 5.07. The van der Waals surface area contributed by atoms with E-state index in [-0.39, 0.29) is 12.4 Å². The molecule has 0 radical (unpaired) electrons. The maximum atomic E-state index is 5.46. The highest BCUT2D eigenvalue weighted by atomic mass is 16.7. The van der Waals surface area contributed by atoms with Crippen molar-refractivity contribution in [2.45, 2.75) is 32.9 Å². The number of hydrogen-bond donors (Lipinski definition) is 1. The van der Waals surface area contributed by atoms with Crippen molar-refractivity contribution in [2.24, 2.45) is 0 Å². The quantitative estimate of drug-likeness (QED) is 0.834. The molecule has 0 aliphatic carbocycles. The van der Waals surface area contributed by atoms with Gasteiger partial charge in [-0.05, 0) is 38.5 Å². The lowest BCUT2D eigenvalue weighted by atomic mass is 10.2. The number of hydrogen-bond acceptors (Lipinski definition) is 5. The smallest absolute Gasteiger partial charge is 0.231 e. The number of benzene rings is 1. The summed E-state index contributed by atoms with van der Waals surface area (Å²) >= 11 is 0. The van der Waals surface area contributed by atoms with Crippen LogP contribution in [-0.4, -0.2) is 19.5 Å². The minimum atomic E-state index is -0.222. The molecule has 18 heavy (non-hydrogen) atoms. The van der Waals surface area contributed by atoms with Crippen molar-refractivity contribution in [3.63, 3.8) is 0 Å². The van der Waals surface area contributed by atoms with Gasteiger partial charge >= 0.3 is 0 Å². The standard InChI is InChI=1S/C13H19NO4/c1-13(2,3)18-14-7-9-5-10(15-4)12-11(6-9)16-8-17-12/h5-6,14H,7-8H2,1-4H3. The summed E-state index contributed by atoms with van der Waals surface area (Å²) in [6.45, 7) is 6.77. The van der Waals surface area contributed by atoms with Crippen LogP contribution in [0.1, 0.15) is 26.3 Å². The summed E-state index contributed by atoms with van der Waals surface area (Å²) in [7, 11) is 1.61. The van der Waals surface area contributed by atoms with Gasteiger partial charge in [0.2, 0.25) is 12.5 Å². The molecule has 5 nitrogen and oxygen atoms in total. The van der Waals surface area contributed by atoms with E-state index >= 15 is 0 Å². The van der Waals surface area contributed by atoms with Gasteiger partial charge in [-0.15, -0.1) is 0 Å². The molecule has 1 aromatic carbocycles. The van der Waals surface area contributed by atoms with Gasteiger partial charge in [-0.2, -0.15) is 5.48 Å². The number of rotatable bonds is 4. The second kappa shape index (κ2) is 5.04. The van der Waals surface area contributed by atoms with E-state index in [1.54, 1.807) is 7.11 Å². The highest BCUT2D eigenvalue weighted by Gasteiger charge is 2.20. The fraction of sp³-hybridized carbons (Fsp3) is 0.538. The zero-order valence-electron chi connectivity index (χ0n) is 11.2. The molecule has 5 heteroatoms. The van der Waals surface area contributed by atoms with Crippen LogP contribution >= 0.6 is 0 Å². The second-order valence-corrected chi connectivity index (χ2v) is 5.07. The van der Waals surface area contributed by atoms with Gasteiger partial charge in [0.05, 0.1) is 12.7 Å². The van der Waals surface area contributed by atoms with Crippen LogP contribution in [0, 0.1) is 0 Å². The van der Waals surface area contributed by atoms with Crippen LogP contribution in [-0.2, 0) is 11.4 Å². The van der Waals surface area contributed by atoms with E-state index in [2.05, 4.69) is 5.48 Å². The largest absolute Gasteiger partial charge is 0.493 e. The Balaban J connectivity index is 2.05. The average Bonchev–Trinajstić information content (AvgIpc) is 2.74. The SMILES string of the molecule is COc1cc(CNOC(C)(C)C)cc2c1OCO2. The van der Waals surface area contributed by atoms with Crippen LogP contribution in [0.3, 0.4) is 0 Å². The van der Waals surface area contributed by atoms with Crippen molar-refractivity contribution in [1.82, 2.24) is 5.48 Å². The highest BCUT2D eigenvalue weighted by molar-refractivity contribution is 5.55. The lowest BCUT2D eigenvalue weighted by Crippen LogP contribution is -2.28. The Labute approximate surface area is 107 Å². The molecule has 0 saturated heterocycles. The van der Waals surface area contributed by atoms with Gasteiger partial charge in [0, 0.05) is 6.54 Å². The van der Waals surface area contributed by atoms with E-state index in [9.17, 15) is 0 Å². The molecule has 1 N–H and O–H groups in total. The van der Waals surface area contributed by atoms with Crippen molar-refractivity contribution < 1.29 is 19.0 Å². The molecule has 0 aromatic heterocycles. The van der Waals surface area contributed by atoms with E-state index < -0.39 is 0 Å². The van der Waals surface area contributed by atoms with E-state index in [0.717, 1.165) is 5.56 Å². The topological polar surface area (TPSA) is 49.0 Å². The Morgan fingerprint density at radius 2 is 2.06 bits per heavy atom. The first-order chi connectivity index (χ1) is 8.49. The summed E-state index contributed by atoms with van der Waals surface area (Å²) in [5.41, 5.74) is 3.72. The molecule has 0 atom stereocenters.